The van der Waals surface area contributed by atoms with Gasteiger partial charge in [0, 0.05) is 22.4 Å². The number of hydrogen-bond donors (Lipinski definition) is 1. The zero-order valence-electron chi connectivity index (χ0n) is 15.9. The molecule has 1 N–H and O–H groups in total. The molecule has 1 aliphatic rings. The molecule has 1 aliphatic heterocycles. The van der Waals surface area contributed by atoms with E-state index in [9.17, 15) is 14.7 Å². The van der Waals surface area contributed by atoms with Gasteiger partial charge in [-0.1, -0.05) is 48.0 Å². The number of ketones is 1. The largest absolute Gasteiger partial charge is 0.491 e. The van der Waals surface area contributed by atoms with Gasteiger partial charge in [-0.2, -0.15) is 0 Å². The minimum Gasteiger partial charge on any atom is -0.491 e. The number of carbonyl (C=O) groups is 2. The summed E-state index contributed by atoms with van der Waals surface area (Å²) in [5.41, 5.74) is -0.995. The lowest BCUT2D eigenvalue weighted by Crippen LogP contribution is -2.43. The van der Waals surface area contributed by atoms with Crippen LogP contribution in [-0.2, 0) is 15.2 Å². The number of Topliss-reactive ketones (excluding diaryl/α,β-unsaturated/α-hetero) is 1. The number of benzene rings is 3. The van der Waals surface area contributed by atoms with Gasteiger partial charge in [0.2, 0.25) is 0 Å². The Morgan fingerprint density at radius 1 is 1.14 bits per heavy atom. The summed E-state index contributed by atoms with van der Waals surface area (Å²) in [5.74, 6) is -0.0859. The molecule has 4 rings (SSSR count). The van der Waals surface area contributed by atoms with E-state index < -0.39 is 11.5 Å². The first-order valence-electron chi connectivity index (χ1n) is 9.34. The van der Waals surface area contributed by atoms with Gasteiger partial charge in [0.25, 0.3) is 5.91 Å². The van der Waals surface area contributed by atoms with E-state index in [2.05, 4.69) is 0 Å². The maximum absolute atomic E-state index is 13.0. The molecule has 3 aromatic carbocycles. The molecule has 0 saturated heterocycles. The normalized spacial score (nSPS) is 18.2. The number of aliphatic hydroxyl groups is 1. The average Bonchev–Trinajstić information content (AvgIpc) is 2.89. The highest BCUT2D eigenvalue weighted by atomic mass is 35.5. The van der Waals surface area contributed by atoms with Crippen LogP contribution in [0.4, 0.5) is 5.69 Å². The van der Waals surface area contributed by atoms with Crippen molar-refractivity contribution in [3.8, 4) is 5.75 Å². The van der Waals surface area contributed by atoms with Crippen molar-refractivity contribution >= 4 is 39.8 Å². The van der Waals surface area contributed by atoms with Crippen LogP contribution >= 0.6 is 11.6 Å². The van der Waals surface area contributed by atoms with Crippen LogP contribution in [0.3, 0.4) is 0 Å². The van der Waals surface area contributed by atoms with E-state index in [1.54, 1.807) is 18.2 Å². The summed E-state index contributed by atoms with van der Waals surface area (Å²) in [5, 5.41) is 13.5. The molecule has 0 spiro atoms. The summed E-state index contributed by atoms with van der Waals surface area (Å²) in [6.07, 6.45) is -0.292. The molecule has 1 atom stereocenters. The number of carbonyl (C=O) groups excluding carboxylic acids is 2. The van der Waals surface area contributed by atoms with Crippen molar-refractivity contribution in [1.82, 2.24) is 0 Å². The molecule has 148 valence electrons. The molecule has 0 aliphatic carbocycles. The predicted octanol–water partition coefficient (Wildman–Crippen LogP) is 4.09. The fraction of sp³-hybridized carbons (Fsp3) is 0.217. The lowest BCUT2D eigenvalue weighted by Gasteiger charge is -2.22. The van der Waals surface area contributed by atoms with Crippen LogP contribution in [-0.4, -0.2) is 29.9 Å². The minimum absolute atomic E-state index is 0.233. The highest BCUT2D eigenvalue weighted by Gasteiger charge is 2.50. The summed E-state index contributed by atoms with van der Waals surface area (Å²) < 4.78 is 5.95. The van der Waals surface area contributed by atoms with E-state index in [0.717, 1.165) is 16.5 Å². The van der Waals surface area contributed by atoms with E-state index >= 15 is 0 Å². The Morgan fingerprint density at radius 3 is 2.69 bits per heavy atom. The fourth-order valence-electron chi connectivity index (χ4n) is 3.84. The van der Waals surface area contributed by atoms with Crippen LogP contribution < -0.4 is 9.64 Å². The Kier molecular flexibility index (Phi) is 5.03. The number of hydrogen-bond acceptors (Lipinski definition) is 4. The Hall–Kier alpha value is -2.89. The van der Waals surface area contributed by atoms with Gasteiger partial charge in [-0.3, -0.25) is 9.59 Å². The smallest absolute Gasteiger partial charge is 0.264 e. The number of ether oxygens (including phenoxy) is 1. The third-order valence-corrected chi connectivity index (χ3v) is 5.36. The fourth-order valence-corrected chi connectivity index (χ4v) is 4.02. The van der Waals surface area contributed by atoms with Gasteiger partial charge < -0.3 is 14.7 Å². The second kappa shape index (κ2) is 7.50. The Labute approximate surface area is 173 Å². The quantitative estimate of drug-likeness (QED) is 0.666. The minimum atomic E-state index is -1.90. The average molecular weight is 410 g/mol. The third-order valence-electron chi connectivity index (χ3n) is 5.12. The number of fused-ring (bicyclic) bond motifs is 2. The molecular formula is C23H20ClNO4. The van der Waals surface area contributed by atoms with Crippen LogP contribution in [0.1, 0.15) is 18.9 Å². The van der Waals surface area contributed by atoms with Crippen molar-refractivity contribution in [3.05, 3.63) is 71.2 Å². The van der Waals surface area contributed by atoms with Crippen molar-refractivity contribution < 1.29 is 19.4 Å². The summed E-state index contributed by atoms with van der Waals surface area (Å²) in [4.78, 5) is 26.2. The summed E-state index contributed by atoms with van der Waals surface area (Å²) in [6, 6.07) is 18.6. The van der Waals surface area contributed by atoms with Crippen molar-refractivity contribution in [2.45, 2.75) is 18.9 Å². The van der Waals surface area contributed by atoms with Gasteiger partial charge in [0.1, 0.15) is 18.1 Å². The summed E-state index contributed by atoms with van der Waals surface area (Å²) in [7, 11) is 0. The van der Waals surface area contributed by atoms with Crippen LogP contribution in [0.25, 0.3) is 10.8 Å². The van der Waals surface area contributed by atoms with E-state index in [-0.39, 0.29) is 25.4 Å². The van der Waals surface area contributed by atoms with Crippen LogP contribution in [0.2, 0.25) is 5.02 Å². The van der Waals surface area contributed by atoms with Gasteiger partial charge in [-0.25, -0.2) is 0 Å². The SMILES string of the molecule is CC(=O)C[C@]1(O)C(=O)N(CCOc2cccc3ccccc23)c2ccc(Cl)cc21. The van der Waals surface area contributed by atoms with Crippen LogP contribution in [0.15, 0.2) is 60.7 Å². The van der Waals surface area contributed by atoms with E-state index in [1.165, 1.54) is 11.8 Å². The molecule has 3 aromatic rings. The van der Waals surface area contributed by atoms with Gasteiger partial charge >= 0.3 is 0 Å². The summed E-state index contributed by atoms with van der Waals surface area (Å²) in [6.45, 7) is 1.82. The van der Waals surface area contributed by atoms with Crippen molar-refractivity contribution in [1.29, 1.82) is 0 Å². The van der Waals surface area contributed by atoms with E-state index in [0.29, 0.717) is 16.3 Å². The lowest BCUT2D eigenvalue weighted by molar-refractivity contribution is -0.141. The lowest BCUT2D eigenvalue weighted by atomic mass is 9.90. The first kappa shape index (κ1) is 19.4. The highest BCUT2D eigenvalue weighted by Crippen LogP contribution is 2.43. The molecular weight excluding hydrogens is 390 g/mol. The highest BCUT2D eigenvalue weighted by molar-refractivity contribution is 6.31. The number of amides is 1. The van der Waals surface area contributed by atoms with Crippen molar-refractivity contribution in [3.63, 3.8) is 0 Å². The van der Waals surface area contributed by atoms with Crippen LogP contribution in [0.5, 0.6) is 5.75 Å². The van der Waals surface area contributed by atoms with Gasteiger partial charge in [0.15, 0.2) is 5.60 Å². The molecule has 1 heterocycles. The maximum atomic E-state index is 13.0. The zero-order chi connectivity index (χ0) is 20.6. The topological polar surface area (TPSA) is 66.8 Å². The Bertz CT molecular complexity index is 1110. The molecule has 0 unspecified atom stereocenters. The number of nitrogens with zero attached hydrogens (tertiary/aromatic N) is 1. The summed E-state index contributed by atoms with van der Waals surface area (Å²) >= 11 is 6.07. The second-order valence-corrected chi connectivity index (χ2v) is 7.62. The Balaban J connectivity index is 1.57. The number of anilines is 1. The van der Waals surface area contributed by atoms with E-state index in [1.807, 2.05) is 42.5 Å². The van der Waals surface area contributed by atoms with Gasteiger partial charge in [0.05, 0.1) is 12.2 Å². The molecule has 1 amide bonds. The molecule has 0 fully saturated rings. The monoisotopic (exact) mass is 409 g/mol. The number of rotatable bonds is 6. The third kappa shape index (κ3) is 3.48. The first-order valence-corrected chi connectivity index (χ1v) is 9.72. The van der Waals surface area contributed by atoms with Gasteiger partial charge in [-0.05, 0) is 36.6 Å². The molecule has 29 heavy (non-hydrogen) atoms. The molecule has 0 saturated carbocycles. The first-order chi connectivity index (χ1) is 13.9. The van der Waals surface area contributed by atoms with Crippen LogP contribution in [0, 0.1) is 0 Å². The van der Waals surface area contributed by atoms with E-state index in [4.69, 9.17) is 16.3 Å². The molecule has 0 radical (unpaired) electrons. The Morgan fingerprint density at radius 2 is 1.90 bits per heavy atom. The zero-order valence-corrected chi connectivity index (χ0v) is 16.6. The van der Waals surface area contributed by atoms with Crippen molar-refractivity contribution in [2.75, 3.05) is 18.1 Å². The molecule has 0 bridgehead atoms. The second-order valence-electron chi connectivity index (χ2n) is 7.18. The van der Waals surface area contributed by atoms with Gasteiger partial charge in [-0.15, -0.1) is 0 Å². The van der Waals surface area contributed by atoms with Crippen molar-refractivity contribution in [2.24, 2.45) is 0 Å². The molecule has 6 heteroatoms. The predicted molar refractivity (Wildman–Crippen MR) is 112 cm³/mol. The standard InChI is InChI=1S/C23H20ClNO4/c1-15(26)14-23(28)19-13-17(24)9-10-20(19)25(22(23)27)11-12-29-21-8-4-6-16-5-2-3-7-18(16)21/h2-10,13,28H,11-12,14H2,1H3/t23-/m1/s1. The number of halogens is 1. The maximum Gasteiger partial charge on any atom is 0.264 e. The molecule has 5 nitrogen and oxygen atoms in total. The molecule has 0 aromatic heterocycles.